The van der Waals surface area contributed by atoms with E-state index < -0.39 is 0 Å². The molecule has 1 aromatic heterocycles. The van der Waals surface area contributed by atoms with Crippen LogP contribution in [-0.4, -0.2) is 51.2 Å². The fraction of sp³-hybridized carbons (Fsp3) is 0.400. The second kappa shape index (κ2) is 8.47. The minimum Gasteiger partial charge on any atom is -0.334 e. The van der Waals surface area contributed by atoms with E-state index in [9.17, 15) is 14.0 Å². The van der Waals surface area contributed by atoms with E-state index in [-0.39, 0.29) is 23.3 Å². The molecule has 0 saturated carbocycles. The SMILES string of the molecule is Cn1nc(C(=O)N2CCC[C@@H]3CN(Cc4ccc(F)cc4)CC[C@H]32)c2ccccc2c1=O. The summed E-state index contributed by atoms with van der Waals surface area (Å²) in [6.45, 7) is 3.33. The fourth-order valence-electron chi connectivity index (χ4n) is 5.32. The number of rotatable bonds is 3. The zero-order chi connectivity index (χ0) is 22.2. The molecule has 2 fully saturated rings. The molecule has 2 atom stereocenters. The van der Waals surface area contributed by atoms with Crippen molar-refractivity contribution in [1.29, 1.82) is 0 Å². The summed E-state index contributed by atoms with van der Waals surface area (Å²) in [5.41, 5.74) is 1.27. The molecule has 2 aliphatic heterocycles. The van der Waals surface area contributed by atoms with Crippen LogP contribution in [0.4, 0.5) is 4.39 Å². The Hall–Kier alpha value is -3.06. The number of carbonyl (C=O) groups excluding carboxylic acids is 1. The molecule has 0 aliphatic carbocycles. The van der Waals surface area contributed by atoms with Crippen molar-refractivity contribution >= 4 is 16.7 Å². The van der Waals surface area contributed by atoms with Crippen molar-refractivity contribution in [2.75, 3.05) is 19.6 Å². The van der Waals surface area contributed by atoms with E-state index >= 15 is 0 Å². The number of nitrogens with zero attached hydrogens (tertiary/aromatic N) is 4. The van der Waals surface area contributed by atoms with Gasteiger partial charge < -0.3 is 4.90 Å². The van der Waals surface area contributed by atoms with Gasteiger partial charge in [-0.2, -0.15) is 5.10 Å². The van der Waals surface area contributed by atoms with Crippen LogP contribution in [0.3, 0.4) is 0 Å². The third-order valence-electron chi connectivity index (χ3n) is 6.89. The van der Waals surface area contributed by atoms with E-state index in [1.807, 2.05) is 35.2 Å². The number of piperidine rings is 2. The van der Waals surface area contributed by atoms with Crippen LogP contribution in [-0.2, 0) is 13.6 Å². The van der Waals surface area contributed by atoms with Gasteiger partial charge in [0.05, 0.1) is 5.39 Å². The maximum atomic E-state index is 13.6. The molecule has 166 valence electrons. The van der Waals surface area contributed by atoms with Gasteiger partial charge in [-0.1, -0.05) is 30.3 Å². The maximum absolute atomic E-state index is 13.6. The fourth-order valence-corrected chi connectivity index (χ4v) is 5.32. The molecule has 1 amide bonds. The Kier molecular flexibility index (Phi) is 5.51. The Balaban J connectivity index is 1.37. The van der Waals surface area contributed by atoms with Crippen LogP contribution >= 0.6 is 0 Å². The van der Waals surface area contributed by atoms with E-state index in [2.05, 4.69) is 10.00 Å². The van der Waals surface area contributed by atoms with Gasteiger partial charge in [0.2, 0.25) is 0 Å². The second-order valence-corrected chi connectivity index (χ2v) is 8.94. The Morgan fingerprint density at radius 1 is 1.06 bits per heavy atom. The Morgan fingerprint density at radius 2 is 1.81 bits per heavy atom. The molecule has 3 aromatic rings. The maximum Gasteiger partial charge on any atom is 0.275 e. The summed E-state index contributed by atoms with van der Waals surface area (Å²) in [5.74, 6) is 0.104. The summed E-state index contributed by atoms with van der Waals surface area (Å²) in [6, 6.07) is 14.1. The number of amides is 1. The van der Waals surface area contributed by atoms with Gasteiger partial charge in [-0.3, -0.25) is 14.5 Å². The van der Waals surface area contributed by atoms with Gasteiger partial charge in [0.15, 0.2) is 5.69 Å². The topological polar surface area (TPSA) is 58.4 Å². The van der Waals surface area contributed by atoms with Gasteiger partial charge in [-0.15, -0.1) is 0 Å². The quantitative estimate of drug-likeness (QED) is 0.635. The van der Waals surface area contributed by atoms with Crippen molar-refractivity contribution in [3.05, 3.63) is 76.0 Å². The zero-order valence-electron chi connectivity index (χ0n) is 18.2. The van der Waals surface area contributed by atoms with Crippen LogP contribution in [0.5, 0.6) is 0 Å². The molecule has 0 spiro atoms. The molecule has 0 N–H and O–H groups in total. The Bertz CT molecular complexity index is 1210. The summed E-state index contributed by atoms with van der Waals surface area (Å²) in [5, 5.41) is 5.51. The van der Waals surface area contributed by atoms with E-state index in [1.165, 1.54) is 16.8 Å². The number of halogens is 1. The minimum atomic E-state index is -0.214. The van der Waals surface area contributed by atoms with Crippen molar-refractivity contribution in [3.63, 3.8) is 0 Å². The molecule has 7 heteroatoms. The number of aromatic nitrogens is 2. The summed E-state index contributed by atoms with van der Waals surface area (Å²) in [6.07, 6.45) is 2.96. The molecule has 0 unspecified atom stereocenters. The Labute approximate surface area is 186 Å². The van der Waals surface area contributed by atoms with Gasteiger partial charge in [0, 0.05) is 44.7 Å². The van der Waals surface area contributed by atoms with Crippen LogP contribution in [0.1, 0.15) is 35.3 Å². The number of carbonyl (C=O) groups is 1. The smallest absolute Gasteiger partial charge is 0.275 e. The summed E-state index contributed by atoms with van der Waals surface area (Å²) >= 11 is 0. The van der Waals surface area contributed by atoms with E-state index in [0.29, 0.717) is 22.4 Å². The summed E-state index contributed by atoms with van der Waals surface area (Å²) < 4.78 is 14.5. The standard InChI is InChI=1S/C25H27FN4O2/c1-28-24(31)21-7-3-2-6-20(21)23(27-28)25(32)30-13-4-5-18-16-29(14-12-22(18)30)15-17-8-10-19(26)11-9-17/h2-3,6-11,18,22H,4-5,12-16H2,1H3/t18-,22-/m1/s1. The lowest BCUT2D eigenvalue weighted by Crippen LogP contribution is -2.55. The molecule has 2 aromatic carbocycles. The molecule has 0 bridgehead atoms. The van der Waals surface area contributed by atoms with Crippen LogP contribution in [0.15, 0.2) is 53.3 Å². The minimum absolute atomic E-state index is 0.0847. The third kappa shape index (κ3) is 3.81. The van der Waals surface area contributed by atoms with Crippen molar-refractivity contribution in [1.82, 2.24) is 19.6 Å². The highest BCUT2D eigenvalue weighted by molar-refractivity contribution is 6.04. The second-order valence-electron chi connectivity index (χ2n) is 8.94. The number of hydrogen-bond acceptors (Lipinski definition) is 4. The monoisotopic (exact) mass is 434 g/mol. The van der Waals surface area contributed by atoms with Gasteiger partial charge in [-0.25, -0.2) is 9.07 Å². The van der Waals surface area contributed by atoms with Crippen molar-refractivity contribution in [2.24, 2.45) is 13.0 Å². The molecule has 3 heterocycles. The predicted molar refractivity (Wildman–Crippen MR) is 121 cm³/mol. The van der Waals surface area contributed by atoms with Gasteiger partial charge in [0.1, 0.15) is 5.82 Å². The summed E-state index contributed by atoms with van der Waals surface area (Å²) in [4.78, 5) is 30.5. The zero-order valence-corrected chi connectivity index (χ0v) is 18.2. The first-order valence-corrected chi connectivity index (χ1v) is 11.2. The molecule has 0 radical (unpaired) electrons. The highest BCUT2D eigenvalue weighted by Gasteiger charge is 2.39. The molecule has 5 rings (SSSR count). The number of aryl methyl sites for hydroxylation is 1. The van der Waals surface area contributed by atoms with Crippen LogP contribution in [0, 0.1) is 11.7 Å². The molecule has 6 nitrogen and oxygen atoms in total. The number of likely N-dealkylation sites (tertiary alicyclic amines) is 2. The lowest BCUT2D eigenvalue weighted by Gasteiger charge is -2.47. The van der Waals surface area contributed by atoms with Crippen LogP contribution in [0.2, 0.25) is 0 Å². The van der Waals surface area contributed by atoms with E-state index in [4.69, 9.17) is 0 Å². The molecule has 2 aliphatic rings. The molecule has 2 saturated heterocycles. The largest absolute Gasteiger partial charge is 0.334 e. The molecule has 32 heavy (non-hydrogen) atoms. The number of hydrogen-bond donors (Lipinski definition) is 0. The highest BCUT2D eigenvalue weighted by Crippen LogP contribution is 2.32. The van der Waals surface area contributed by atoms with Crippen molar-refractivity contribution < 1.29 is 9.18 Å². The van der Waals surface area contributed by atoms with E-state index in [1.54, 1.807) is 13.1 Å². The average Bonchev–Trinajstić information content (AvgIpc) is 2.82. The first kappa shape index (κ1) is 20.8. The van der Waals surface area contributed by atoms with Crippen molar-refractivity contribution in [2.45, 2.75) is 31.8 Å². The van der Waals surface area contributed by atoms with Gasteiger partial charge >= 0.3 is 0 Å². The molecular formula is C25H27FN4O2. The Morgan fingerprint density at radius 3 is 2.59 bits per heavy atom. The third-order valence-corrected chi connectivity index (χ3v) is 6.89. The normalized spacial score (nSPS) is 21.5. The van der Waals surface area contributed by atoms with Crippen LogP contribution in [0.25, 0.3) is 10.8 Å². The summed E-state index contributed by atoms with van der Waals surface area (Å²) in [7, 11) is 1.60. The van der Waals surface area contributed by atoms with Crippen molar-refractivity contribution in [3.8, 4) is 0 Å². The number of benzene rings is 2. The lowest BCUT2D eigenvalue weighted by atomic mass is 9.83. The lowest BCUT2D eigenvalue weighted by molar-refractivity contribution is 0.0180. The first-order chi connectivity index (χ1) is 15.5. The first-order valence-electron chi connectivity index (χ1n) is 11.2. The van der Waals surface area contributed by atoms with Gasteiger partial charge in [-0.05, 0) is 48.9 Å². The number of fused-ring (bicyclic) bond motifs is 2. The van der Waals surface area contributed by atoms with E-state index in [0.717, 1.165) is 51.0 Å². The average molecular weight is 435 g/mol. The van der Waals surface area contributed by atoms with Gasteiger partial charge in [0.25, 0.3) is 11.5 Å². The van der Waals surface area contributed by atoms with Crippen LogP contribution < -0.4 is 5.56 Å². The predicted octanol–water partition coefficient (Wildman–Crippen LogP) is 3.20. The highest BCUT2D eigenvalue weighted by atomic mass is 19.1. The molecular weight excluding hydrogens is 407 g/mol.